The van der Waals surface area contributed by atoms with Crippen molar-refractivity contribution in [3.63, 3.8) is 0 Å². The minimum Gasteiger partial charge on any atom is -0.128 e. The molecular weight excluding hydrogens is 144 g/mol. The number of rotatable bonds is 0. The Hall–Kier alpha value is -1.26. The number of fused-ring (bicyclic) bond motifs is 5. The lowest BCUT2D eigenvalue weighted by Crippen LogP contribution is -1.90. The first kappa shape index (κ1) is 6.28. The zero-order valence-electron chi connectivity index (χ0n) is 6.83. The summed E-state index contributed by atoms with van der Waals surface area (Å²) in [5, 5.41) is 0. The van der Waals surface area contributed by atoms with Gasteiger partial charge in [0.2, 0.25) is 0 Å². The fraction of sp³-hybridized carbons (Fsp3) is 0.250. The second kappa shape index (κ2) is 2.12. The summed E-state index contributed by atoms with van der Waals surface area (Å²) in [5.74, 6) is 1.30. The highest BCUT2D eigenvalue weighted by molar-refractivity contribution is 5.44. The van der Waals surface area contributed by atoms with Crippen molar-refractivity contribution in [1.82, 2.24) is 0 Å². The number of hydrogen-bond acceptors (Lipinski definition) is 0. The summed E-state index contributed by atoms with van der Waals surface area (Å²) < 4.78 is 0. The molecule has 0 radical (unpaired) electrons. The van der Waals surface area contributed by atoms with E-state index in [1.54, 1.807) is 0 Å². The Balaban J connectivity index is 2.28. The summed E-state index contributed by atoms with van der Waals surface area (Å²) in [7, 11) is 0. The smallest absolute Gasteiger partial charge is 0.0106 e. The summed E-state index contributed by atoms with van der Waals surface area (Å²) in [6.07, 6.45) is 5.66. The van der Waals surface area contributed by atoms with Crippen molar-refractivity contribution in [3.8, 4) is 0 Å². The molecule has 58 valence electrons. The van der Waals surface area contributed by atoms with Crippen molar-refractivity contribution < 1.29 is 0 Å². The molecule has 0 saturated carbocycles. The van der Waals surface area contributed by atoms with E-state index in [9.17, 15) is 0 Å². The van der Waals surface area contributed by atoms with Crippen LogP contribution in [-0.2, 0) is 0 Å². The molecule has 0 heteroatoms. The van der Waals surface area contributed by atoms with Gasteiger partial charge in [0.15, 0.2) is 0 Å². The molecule has 2 aliphatic rings. The quantitative estimate of drug-likeness (QED) is 0.504. The Bertz CT molecular complexity index is 348. The number of allylic oxidation sites excluding steroid dienone is 1. The van der Waals surface area contributed by atoms with Crippen LogP contribution in [0.2, 0.25) is 0 Å². The fourth-order valence-electron chi connectivity index (χ4n) is 2.32. The second-order valence-electron chi connectivity index (χ2n) is 3.58. The summed E-state index contributed by atoms with van der Waals surface area (Å²) >= 11 is 0. The van der Waals surface area contributed by atoms with E-state index >= 15 is 0 Å². The third kappa shape index (κ3) is 0.680. The molecule has 0 aromatic heterocycles. The highest BCUT2D eigenvalue weighted by Crippen LogP contribution is 2.44. The summed E-state index contributed by atoms with van der Waals surface area (Å²) in [5.41, 5.74) is 6.28. The normalized spacial score (nSPS) is 29.0. The van der Waals surface area contributed by atoms with Crippen molar-refractivity contribution in [3.05, 3.63) is 53.3 Å². The second-order valence-corrected chi connectivity index (χ2v) is 3.58. The molecule has 0 nitrogen and oxygen atoms in total. The van der Waals surface area contributed by atoms with E-state index in [0.29, 0.717) is 11.8 Å². The Morgan fingerprint density at radius 2 is 1.58 bits per heavy atom. The van der Waals surface area contributed by atoms with Crippen molar-refractivity contribution >= 4 is 0 Å². The van der Waals surface area contributed by atoms with Gasteiger partial charge >= 0.3 is 0 Å². The van der Waals surface area contributed by atoms with Crippen LogP contribution in [0.25, 0.3) is 0 Å². The van der Waals surface area contributed by atoms with E-state index < -0.39 is 0 Å². The van der Waals surface area contributed by atoms with Crippen molar-refractivity contribution in [2.75, 3.05) is 0 Å². The van der Waals surface area contributed by atoms with E-state index in [2.05, 4.69) is 42.1 Å². The molecule has 1 aromatic rings. The minimum atomic E-state index is 0.649. The van der Waals surface area contributed by atoms with Crippen LogP contribution in [0.4, 0.5) is 0 Å². The molecule has 0 saturated heterocycles. The summed E-state index contributed by atoms with van der Waals surface area (Å²) in [6.45, 7) is 0. The van der Waals surface area contributed by atoms with Gasteiger partial charge in [-0.15, -0.1) is 5.73 Å². The molecule has 0 unspecified atom stereocenters. The minimum absolute atomic E-state index is 0.649. The van der Waals surface area contributed by atoms with Crippen LogP contribution in [0.5, 0.6) is 0 Å². The molecule has 12 heavy (non-hydrogen) atoms. The maximum atomic E-state index is 3.24. The van der Waals surface area contributed by atoms with Gasteiger partial charge in [0, 0.05) is 11.8 Å². The largest absolute Gasteiger partial charge is 0.128 e. The average molecular weight is 154 g/mol. The lowest BCUT2D eigenvalue weighted by Gasteiger charge is -2.05. The highest BCUT2D eigenvalue weighted by Gasteiger charge is 2.28. The van der Waals surface area contributed by atoms with E-state index in [-0.39, 0.29) is 0 Å². The highest BCUT2D eigenvalue weighted by atomic mass is 14.3. The standard InChI is InChI=1S/C12H10/c1-2-7-12-10-5-3-4-9(8-10)11(12)6-1/h1-2,4-7,9-10H,8H2/t9-,10+. The first-order valence-corrected chi connectivity index (χ1v) is 4.47. The molecule has 0 spiro atoms. The summed E-state index contributed by atoms with van der Waals surface area (Å²) in [4.78, 5) is 0. The predicted molar refractivity (Wildman–Crippen MR) is 49.2 cm³/mol. The van der Waals surface area contributed by atoms with Crippen molar-refractivity contribution in [2.45, 2.75) is 18.3 Å². The Morgan fingerprint density at radius 3 is 2.17 bits per heavy atom. The van der Waals surface area contributed by atoms with E-state index in [1.165, 1.54) is 17.5 Å². The lowest BCUT2D eigenvalue weighted by atomic mass is 9.98. The molecule has 1 aromatic carbocycles. The third-order valence-electron chi connectivity index (χ3n) is 2.90. The van der Waals surface area contributed by atoms with Crippen LogP contribution >= 0.6 is 0 Å². The van der Waals surface area contributed by atoms with Gasteiger partial charge in [0.1, 0.15) is 0 Å². The Labute approximate surface area is 72.2 Å². The zero-order chi connectivity index (χ0) is 7.97. The average Bonchev–Trinajstić information content (AvgIpc) is 2.41. The van der Waals surface area contributed by atoms with Gasteiger partial charge in [-0.25, -0.2) is 0 Å². The van der Waals surface area contributed by atoms with Gasteiger partial charge in [0.25, 0.3) is 0 Å². The molecule has 2 atom stereocenters. The fourth-order valence-corrected chi connectivity index (χ4v) is 2.32. The molecule has 0 fully saturated rings. The van der Waals surface area contributed by atoms with Crippen LogP contribution in [-0.4, -0.2) is 0 Å². The van der Waals surface area contributed by atoms with Gasteiger partial charge in [0.05, 0.1) is 0 Å². The molecule has 3 rings (SSSR count). The molecular formula is C12H10. The molecule has 0 amide bonds. The van der Waals surface area contributed by atoms with Gasteiger partial charge in [-0.3, -0.25) is 0 Å². The van der Waals surface area contributed by atoms with Crippen LogP contribution in [0, 0.1) is 0 Å². The van der Waals surface area contributed by atoms with Crippen molar-refractivity contribution in [2.24, 2.45) is 0 Å². The maximum Gasteiger partial charge on any atom is 0.0106 e. The third-order valence-corrected chi connectivity index (χ3v) is 2.90. The molecule has 0 aliphatic heterocycles. The molecule has 2 bridgehead atoms. The van der Waals surface area contributed by atoms with E-state index in [1.807, 2.05) is 0 Å². The van der Waals surface area contributed by atoms with Crippen LogP contribution < -0.4 is 0 Å². The Morgan fingerprint density at radius 1 is 1.00 bits per heavy atom. The zero-order valence-corrected chi connectivity index (χ0v) is 6.83. The predicted octanol–water partition coefficient (Wildman–Crippen LogP) is 2.98. The molecule has 2 aliphatic carbocycles. The summed E-state index contributed by atoms with van der Waals surface area (Å²) in [6, 6.07) is 8.76. The molecule has 0 N–H and O–H groups in total. The van der Waals surface area contributed by atoms with E-state index in [0.717, 1.165) is 0 Å². The van der Waals surface area contributed by atoms with Crippen LogP contribution in [0.3, 0.4) is 0 Å². The monoisotopic (exact) mass is 154 g/mol. The van der Waals surface area contributed by atoms with Crippen molar-refractivity contribution in [1.29, 1.82) is 0 Å². The topological polar surface area (TPSA) is 0 Å². The number of benzene rings is 1. The van der Waals surface area contributed by atoms with Crippen LogP contribution in [0.1, 0.15) is 29.4 Å². The van der Waals surface area contributed by atoms with E-state index in [4.69, 9.17) is 0 Å². The SMILES string of the molecule is C1=C[C@@H]2C[C@H](C=1)c1ccccc12. The van der Waals surface area contributed by atoms with Gasteiger partial charge in [-0.05, 0) is 29.7 Å². The Kier molecular flexibility index (Phi) is 1.11. The number of hydrogen-bond donors (Lipinski definition) is 0. The van der Waals surface area contributed by atoms with Gasteiger partial charge in [-0.1, -0.05) is 24.3 Å². The first-order valence-electron chi connectivity index (χ1n) is 4.47. The van der Waals surface area contributed by atoms with Gasteiger partial charge in [-0.2, -0.15) is 0 Å². The van der Waals surface area contributed by atoms with Crippen LogP contribution in [0.15, 0.2) is 42.1 Å². The lowest BCUT2D eigenvalue weighted by molar-refractivity contribution is 0.736. The molecule has 0 heterocycles. The maximum absolute atomic E-state index is 3.24. The first-order chi connectivity index (χ1) is 5.95. The van der Waals surface area contributed by atoms with Gasteiger partial charge < -0.3 is 0 Å².